The lowest BCUT2D eigenvalue weighted by Gasteiger charge is -2.13. The highest BCUT2D eigenvalue weighted by molar-refractivity contribution is 6.09. The zero-order valence-corrected chi connectivity index (χ0v) is 15.6. The SMILES string of the molecule is CCn1cc(C(=O)Nc2cccc3ncccc23)c(=O)c2cc3c(cc21)OCO3. The number of hydrogen-bond donors (Lipinski definition) is 1. The number of ether oxygens (including phenoxy) is 2. The van der Waals surface area contributed by atoms with E-state index in [-0.39, 0.29) is 17.8 Å². The molecule has 1 aliphatic rings. The molecule has 29 heavy (non-hydrogen) atoms. The quantitative estimate of drug-likeness (QED) is 0.581. The largest absolute Gasteiger partial charge is 0.454 e. The fourth-order valence-corrected chi connectivity index (χ4v) is 3.61. The Bertz CT molecular complexity index is 1340. The maximum absolute atomic E-state index is 13.1. The Kier molecular flexibility index (Phi) is 3.94. The van der Waals surface area contributed by atoms with Crippen LogP contribution in [-0.4, -0.2) is 22.3 Å². The molecule has 0 aliphatic carbocycles. The summed E-state index contributed by atoms with van der Waals surface area (Å²) in [5.74, 6) is 0.641. The number of carbonyl (C=O) groups is 1. The smallest absolute Gasteiger partial charge is 0.261 e. The number of anilines is 1. The van der Waals surface area contributed by atoms with E-state index < -0.39 is 5.91 Å². The first-order valence-electron chi connectivity index (χ1n) is 9.27. The van der Waals surface area contributed by atoms with Gasteiger partial charge in [-0.3, -0.25) is 14.6 Å². The van der Waals surface area contributed by atoms with E-state index in [2.05, 4.69) is 10.3 Å². The highest BCUT2D eigenvalue weighted by Gasteiger charge is 2.21. The van der Waals surface area contributed by atoms with E-state index in [9.17, 15) is 9.59 Å². The summed E-state index contributed by atoms with van der Waals surface area (Å²) >= 11 is 0. The lowest BCUT2D eigenvalue weighted by Crippen LogP contribution is -2.24. The Labute approximate surface area is 165 Å². The van der Waals surface area contributed by atoms with Crippen LogP contribution in [0.4, 0.5) is 5.69 Å². The molecule has 7 heteroatoms. The molecule has 144 valence electrons. The van der Waals surface area contributed by atoms with Crippen molar-refractivity contribution < 1.29 is 14.3 Å². The number of pyridine rings is 2. The van der Waals surface area contributed by atoms with Crippen LogP contribution in [0.3, 0.4) is 0 Å². The number of aromatic nitrogens is 2. The second-order valence-corrected chi connectivity index (χ2v) is 6.71. The molecule has 2 aromatic carbocycles. The number of benzene rings is 2. The molecule has 0 bridgehead atoms. The summed E-state index contributed by atoms with van der Waals surface area (Å²) in [6.07, 6.45) is 3.28. The molecule has 0 atom stereocenters. The fourth-order valence-electron chi connectivity index (χ4n) is 3.61. The van der Waals surface area contributed by atoms with Crippen LogP contribution in [0, 0.1) is 0 Å². The predicted molar refractivity (Wildman–Crippen MR) is 110 cm³/mol. The van der Waals surface area contributed by atoms with Crippen molar-refractivity contribution in [2.24, 2.45) is 0 Å². The van der Waals surface area contributed by atoms with Crippen LogP contribution in [0.25, 0.3) is 21.8 Å². The summed E-state index contributed by atoms with van der Waals surface area (Å²) in [7, 11) is 0. The van der Waals surface area contributed by atoms with E-state index in [1.807, 2.05) is 29.7 Å². The molecule has 0 fully saturated rings. The zero-order valence-electron chi connectivity index (χ0n) is 15.6. The molecule has 1 amide bonds. The number of fused-ring (bicyclic) bond motifs is 3. The Morgan fingerprint density at radius 3 is 2.79 bits per heavy atom. The second kappa shape index (κ2) is 6.63. The Hall–Kier alpha value is -3.87. The van der Waals surface area contributed by atoms with Gasteiger partial charge in [0, 0.05) is 30.4 Å². The van der Waals surface area contributed by atoms with Gasteiger partial charge in [0.05, 0.1) is 22.1 Å². The number of nitrogens with zero attached hydrogens (tertiary/aromatic N) is 2. The number of rotatable bonds is 3. The molecule has 2 aromatic heterocycles. The number of carbonyl (C=O) groups excluding carboxylic acids is 1. The van der Waals surface area contributed by atoms with Gasteiger partial charge in [-0.15, -0.1) is 0 Å². The first kappa shape index (κ1) is 17.2. The van der Waals surface area contributed by atoms with E-state index in [4.69, 9.17) is 9.47 Å². The molecule has 3 heterocycles. The van der Waals surface area contributed by atoms with Gasteiger partial charge in [0.15, 0.2) is 11.5 Å². The van der Waals surface area contributed by atoms with E-state index in [0.29, 0.717) is 34.6 Å². The minimum Gasteiger partial charge on any atom is -0.454 e. The average Bonchev–Trinajstić information content (AvgIpc) is 3.21. The summed E-state index contributed by atoms with van der Waals surface area (Å²) < 4.78 is 12.7. The van der Waals surface area contributed by atoms with Gasteiger partial charge in [-0.2, -0.15) is 0 Å². The summed E-state index contributed by atoms with van der Waals surface area (Å²) in [6, 6.07) is 12.6. The van der Waals surface area contributed by atoms with Gasteiger partial charge in [-0.1, -0.05) is 6.07 Å². The van der Waals surface area contributed by atoms with Crippen molar-refractivity contribution in [3.63, 3.8) is 0 Å². The third-order valence-electron chi connectivity index (χ3n) is 5.05. The van der Waals surface area contributed by atoms with Crippen LogP contribution >= 0.6 is 0 Å². The van der Waals surface area contributed by atoms with Crippen molar-refractivity contribution in [2.45, 2.75) is 13.5 Å². The van der Waals surface area contributed by atoms with Gasteiger partial charge in [-0.05, 0) is 37.3 Å². The highest BCUT2D eigenvalue weighted by atomic mass is 16.7. The van der Waals surface area contributed by atoms with Crippen LogP contribution in [0.1, 0.15) is 17.3 Å². The maximum atomic E-state index is 13.1. The lowest BCUT2D eigenvalue weighted by atomic mass is 10.1. The molecule has 5 rings (SSSR count). The number of nitrogens with one attached hydrogen (secondary N) is 1. The topological polar surface area (TPSA) is 82.5 Å². The second-order valence-electron chi connectivity index (χ2n) is 6.71. The summed E-state index contributed by atoms with van der Waals surface area (Å²) in [5.41, 5.74) is 1.79. The zero-order chi connectivity index (χ0) is 20.0. The molecular weight excluding hydrogens is 370 g/mol. The van der Waals surface area contributed by atoms with Crippen LogP contribution < -0.4 is 20.2 Å². The lowest BCUT2D eigenvalue weighted by molar-refractivity contribution is 0.102. The molecule has 7 nitrogen and oxygen atoms in total. The molecule has 4 aromatic rings. The highest BCUT2D eigenvalue weighted by Crippen LogP contribution is 2.35. The third-order valence-corrected chi connectivity index (χ3v) is 5.05. The van der Waals surface area contributed by atoms with Crippen molar-refractivity contribution in [2.75, 3.05) is 12.1 Å². The van der Waals surface area contributed by atoms with Gasteiger partial charge in [0.1, 0.15) is 5.56 Å². The van der Waals surface area contributed by atoms with E-state index >= 15 is 0 Å². The van der Waals surface area contributed by atoms with Crippen LogP contribution in [0.2, 0.25) is 0 Å². The van der Waals surface area contributed by atoms with Crippen molar-refractivity contribution in [1.82, 2.24) is 9.55 Å². The van der Waals surface area contributed by atoms with Crippen molar-refractivity contribution in [3.8, 4) is 11.5 Å². The molecule has 0 saturated heterocycles. The molecule has 0 saturated carbocycles. The van der Waals surface area contributed by atoms with Crippen molar-refractivity contribution >= 4 is 33.4 Å². The number of aryl methyl sites for hydroxylation is 1. The van der Waals surface area contributed by atoms with Crippen LogP contribution in [0.5, 0.6) is 11.5 Å². The Morgan fingerprint density at radius 1 is 1.14 bits per heavy atom. The van der Waals surface area contributed by atoms with Crippen LogP contribution in [0.15, 0.2) is 59.7 Å². The molecule has 0 radical (unpaired) electrons. The maximum Gasteiger partial charge on any atom is 0.261 e. The minimum atomic E-state index is -0.465. The monoisotopic (exact) mass is 387 g/mol. The van der Waals surface area contributed by atoms with Gasteiger partial charge >= 0.3 is 0 Å². The third kappa shape index (κ3) is 2.79. The normalized spacial score (nSPS) is 12.4. The fraction of sp³-hybridized carbons (Fsp3) is 0.136. The summed E-state index contributed by atoms with van der Waals surface area (Å²) in [5, 5.41) is 4.09. The molecule has 1 aliphatic heterocycles. The first-order valence-corrected chi connectivity index (χ1v) is 9.27. The minimum absolute atomic E-state index is 0.0686. The van der Waals surface area contributed by atoms with E-state index in [0.717, 1.165) is 10.9 Å². The molecule has 1 N–H and O–H groups in total. The van der Waals surface area contributed by atoms with Crippen molar-refractivity contribution in [1.29, 1.82) is 0 Å². The molecule has 0 unspecified atom stereocenters. The van der Waals surface area contributed by atoms with E-state index in [1.54, 1.807) is 36.7 Å². The number of hydrogen-bond acceptors (Lipinski definition) is 5. The average molecular weight is 387 g/mol. The number of amides is 1. The van der Waals surface area contributed by atoms with Gasteiger partial charge in [0.2, 0.25) is 12.2 Å². The van der Waals surface area contributed by atoms with Gasteiger partial charge in [0.25, 0.3) is 5.91 Å². The van der Waals surface area contributed by atoms with Gasteiger partial charge in [-0.25, -0.2) is 0 Å². The summed E-state index contributed by atoms with van der Waals surface area (Å²) in [6.45, 7) is 2.66. The Morgan fingerprint density at radius 2 is 1.97 bits per heavy atom. The van der Waals surface area contributed by atoms with Crippen molar-refractivity contribution in [3.05, 3.63) is 70.6 Å². The standard InChI is InChI=1S/C22H17N3O4/c1-2-25-11-15(21(26)14-9-19-20(10-18(14)25)29-12-28-19)22(27)24-17-7-3-6-16-13(17)5-4-8-23-16/h3-11H,2,12H2,1H3,(H,24,27). The Balaban J connectivity index is 1.62. The predicted octanol–water partition coefficient (Wildman–Crippen LogP) is 3.55. The van der Waals surface area contributed by atoms with Gasteiger partial charge < -0.3 is 19.4 Å². The van der Waals surface area contributed by atoms with E-state index in [1.165, 1.54) is 0 Å². The van der Waals surface area contributed by atoms with Crippen LogP contribution in [-0.2, 0) is 6.54 Å². The summed E-state index contributed by atoms with van der Waals surface area (Å²) in [4.78, 5) is 30.4. The first-order chi connectivity index (χ1) is 14.2. The molecular formula is C22H17N3O4. The molecule has 0 spiro atoms.